The highest BCUT2D eigenvalue weighted by Gasteiger charge is 2.18. The van der Waals surface area contributed by atoms with Crippen LogP contribution in [0.2, 0.25) is 0 Å². The second-order valence-corrected chi connectivity index (χ2v) is 7.93. The quantitative estimate of drug-likeness (QED) is 0.693. The Morgan fingerprint density at radius 2 is 1.93 bits per heavy atom. The minimum absolute atomic E-state index is 0.130. The number of hydrogen-bond donors (Lipinski definition) is 1. The lowest BCUT2D eigenvalue weighted by atomic mass is 10.1. The molecule has 27 heavy (non-hydrogen) atoms. The van der Waals surface area contributed by atoms with E-state index in [0.717, 1.165) is 34.8 Å². The summed E-state index contributed by atoms with van der Waals surface area (Å²) in [6.45, 7) is 13.0. The van der Waals surface area contributed by atoms with Gasteiger partial charge in [0, 0.05) is 18.7 Å². The molecule has 0 aromatic carbocycles. The third-order valence-corrected chi connectivity index (χ3v) is 5.23. The Morgan fingerprint density at radius 1 is 1.22 bits per heavy atom. The van der Waals surface area contributed by atoms with Crippen molar-refractivity contribution < 1.29 is 14.3 Å². The lowest BCUT2D eigenvalue weighted by molar-refractivity contribution is -0.116. The number of aromatic nitrogens is 3. The predicted octanol–water partition coefficient (Wildman–Crippen LogP) is 3.67. The van der Waals surface area contributed by atoms with Gasteiger partial charge in [0.05, 0.1) is 18.0 Å². The largest absolute Gasteiger partial charge is 0.462 e. The SMILES string of the molecule is CCOC(=O)c1sc(NC(=O)CCc2c(C)nn(CC(C)C)c2C)nc1C. The van der Waals surface area contributed by atoms with Crippen LogP contribution in [0.4, 0.5) is 5.13 Å². The number of rotatable bonds is 8. The van der Waals surface area contributed by atoms with Gasteiger partial charge in [-0.2, -0.15) is 5.10 Å². The summed E-state index contributed by atoms with van der Waals surface area (Å²) in [5, 5.41) is 7.79. The first kappa shape index (κ1) is 21.1. The highest BCUT2D eigenvalue weighted by Crippen LogP contribution is 2.24. The Morgan fingerprint density at radius 3 is 2.56 bits per heavy atom. The van der Waals surface area contributed by atoms with Gasteiger partial charge in [-0.3, -0.25) is 9.48 Å². The molecule has 1 N–H and O–H groups in total. The molecule has 2 aromatic heterocycles. The Balaban J connectivity index is 1.98. The molecular weight excluding hydrogens is 364 g/mol. The third-order valence-electron chi connectivity index (χ3n) is 4.18. The summed E-state index contributed by atoms with van der Waals surface area (Å²) < 4.78 is 7.01. The van der Waals surface area contributed by atoms with Crippen LogP contribution in [-0.4, -0.2) is 33.2 Å². The van der Waals surface area contributed by atoms with E-state index in [1.54, 1.807) is 13.8 Å². The zero-order chi connectivity index (χ0) is 20.1. The van der Waals surface area contributed by atoms with E-state index in [9.17, 15) is 9.59 Å². The van der Waals surface area contributed by atoms with Crippen LogP contribution >= 0.6 is 11.3 Å². The van der Waals surface area contributed by atoms with Crippen molar-refractivity contribution in [3.05, 3.63) is 27.5 Å². The van der Waals surface area contributed by atoms with Crippen molar-refractivity contribution in [2.75, 3.05) is 11.9 Å². The van der Waals surface area contributed by atoms with Crippen LogP contribution in [0.15, 0.2) is 0 Å². The number of nitrogens with one attached hydrogen (secondary N) is 1. The molecule has 2 aromatic rings. The van der Waals surface area contributed by atoms with Gasteiger partial charge in [0.15, 0.2) is 5.13 Å². The fourth-order valence-electron chi connectivity index (χ4n) is 2.88. The molecule has 7 nitrogen and oxygen atoms in total. The number of aryl methyl sites for hydroxylation is 2. The third kappa shape index (κ3) is 5.38. The summed E-state index contributed by atoms with van der Waals surface area (Å²) in [5.74, 6) is -0.0210. The van der Waals surface area contributed by atoms with Crippen molar-refractivity contribution in [1.82, 2.24) is 14.8 Å². The van der Waals surface area contributed by atoms with Crippen LogP contribution in [0.5, 0.6) is 0 Å². The van der Waals surface area contributed by atoms with E-state index in [1.165, 1.54) is 0 Å². The Labute approximate surface area is 164 Å². The van der Waals surface area contributed by atoms with Gasteiger partial charge >= 0.3 is 5.97 Å². The lowest BCUT2D eigenvalue weighted by Gasteiger charge is -2.08. The molecule has 148 valence electrons. The first-order valence-corrected chi connectivity index (χ1v) is 10.0. The number of ether oxygens (including phenoxy) is 1. The van der Waals surface area contributed by atoms with Crippen molar-refractivity contribution >= 4 is 28.3 Å². The lowest BCUT2D eigenvalue weighted by Crippen LogP contribution is -2.13. The molecule has 2 heterocycles. The number of nitrogens with zero attached hydrogens (tertiary/aromatic N) is 3. The van der Waals surface area contributed by atoms with Crippen molar-refractivity contribution in [2.45, 2.75) is 60.9 Å². The van der Waals surface area contributed by atoms with Crippen LogP contribution in [0.25, 0.3) is 0 Å². The summed E-state index contributed by atoms with van der Waals surface area (Å²) in [6.07, 6.45) is 0.957. The smallest absolute Gasteiger partial charge is 0.350 e. The van der Waals surface area contributed by atoms with Crippen molar-refractivity contribution in [3.63, 3.8) is 0 Å². The summed E-state index contributed by atoms with van der Waals surface area (Å²) in [6, 6.07) is 0. The van der Waals surface area contributed by atoms with Crippen LogP contribution < -0.4 is 5.32 Å². The summed E-state index contributed by atoms with van der Waals surface area (Å²) in [7, 11) is 0. The second-order valence-electron chi connectivity index (χ2n) is 6.93. The maximum atomic E-state index is 12.3. The molecule has 0 aliphatic heterocycles. The molecule has 1 amide bonds. The van der Waals surface area contributed by atoms with E-state index >= 15 is 0 Å². The van der Waals surface area contributed by atoms with Gasteiger partial charge in [-0.1, -0.05) is 25.2 Å². The molecule has 0 radical (unpaired) electrons. The highest BCUT2D eigenvalue weighted by atomic mass is 32.1. The number of esters is 1. The molecule has 0 aliphatic carbocycles. The van der Waals surface area contributed by atoms with Gasteiger partial charge in [0.25, 0.3) is 0 Å². The van der Waals surface area contributed by atoms with Gasteiger partial charge in [0.2, 0.25) is 5.91 Å². The molecule has 0 unspecified atom stereocenters. The molecule has 0 spiro atoms. The summed E-state index contributed by atoms with van der Waals surface area (Å²) >= 11 is 1.14. The topological polar surface area (TPSA) is 86.1 Å². The fraction of sp³-hybridized carbons (Fsp3) is 0.579. The zero-order valence-corrected chi connectivity index (χ0v) is 17.7. The molecule has 2 rings (SSSR count). The van der Waals surface area contributed by atoms with Crippen LogP contribution in [-0.2, 0) is 22.5 Å². The monoisotopic (exact) mass is 392 g/mol. The van der Waals surface area contributed by atoms with Crippen LogP contribution in [0.1, 0.15) is 59.5 Å². The molecule has 0 saturated heterocycles. The van der Waals surface area contributed by atoms with Crippen LogP contribution in [0.3, 0.4) is 0 Å². The average molecular weight is 393 g/mol. The number of anilines is 1. The van der Waals surface area contributed by atoms with Crippen molar-refractivity contribution in [3.8, 4) is 0 Å². The number of thiazole rings is 1. The van der Waals surface area contributed by atoms with E-state index in [1.807, 2.05) is 18.5 Å². The average Bonchev–Trinajstić information content (AvgIpc) is 3.05. The van der Waals surface area contributed by atoms with Gasteiger partial charge in [-0.25, -0.2) is 9.78 Å². The maximum Gasteiger partial charge on any atom is 0.350 e. The predicted molar refractivity (Wildman–Crippen MR) is 106 cm³/mol. The first-order valence-electron chi connectivity index (χ1n) is 9.20. The number of carbonyl (C=O) groups is 2. The molecule has 0 bridgehead atoms. The summed E-state index contributed by atoms with van der Waals surface area (Å²) in [5.41, 5.74) is 3.77. The van der Waals surface area contributed by atoms with Gasteiger partial charge in [-0.15, -0.1) is 0 Å². The Hall–Kier alpha value is -2.22. The van der Waals surface area contributed by atoms with E-state index in [4.69, 9.17) is 4.74 Å². The number of hydrogen-bond acceptors (Lipinski definition) is 6. The van der Waals surface area contributed by atoms with E-state index in [2.05, 4.69) is 29.2 Å². The standard InChI is InChI=1S/C19H28N4O3S/c1-7-26-18(25)17-13(5)20-19(27-17)21-16(24)9-8-15-12(4)22-23(14(15)6)10-11(2)3/h11H,7-10H2,1-6H3,(H,20,21,24). The Bertz CT molecular complexity index is 823. The Kier molecular flexibility index (Phi) is 7.12. The fourth-order valence-corrected chi connectivity index (χ4v) is 3.75. The van der Waals surface area contributed by atoms with Crippen molar-refractivity contribution in [2.24, 2.45) is 5.92 Å². The first-order chi connectivity index (χ1) is 12.7. The number of carbonyl (C=O) groups excluding carboxylic acids is 2. The minimum atomic E-state index is -0.406. The molecule has 0 atom stereocenters. The highest BCUT2D eigenvalue weighted by molar-refractivity contribution is 7.17. The van der Waals surface area contributed by atoms with Crippen LogP contribution in [0, 0.1) is 26.7 Å². The van der Waals surface area contributed by atoms with Gasteiger partial charge in [0.1, 0.15) is 4.88 Å². The van der Waals surface area contributed by atoms with E-state index in [0.29, 0.717) is 41.1 Å². The van der Waals surface area contributed by atoms with Crippen molar-refractivity contribution in [1.29, 1.82) is 0 Å². The number of amides is 1. The maximum absolute atomic E-state index is 12.3. The molecule has 8 heteroatoms. The normalized spacial score (nSPS) is 11.1. The van der Waals surface area contributed by atoms with Gasteiger partial charge < -0.3 is 10.1 Å². The van der Waals surface area contributed by atoms with E-state index < -0.39 is 5.97 Å². The molecule has 0 saturated carbocycles. The molecule has 0 aliphatic rings. The zero-order valence-electron chi connectivity index (χ0n) is 16.9. The summed E-state index contributed by atoms with van der Waals surface area (Å²) in [4.78, 5) is 28.9. The molecular formula is C19H28N4O3S. The second kappa shape index (κ2) is 9.12. The minimum Gasteiger partial charge on any atom is -0.462 e. The molecule has 0 fully saturated rings. The van der Waals surface area contributed by atoms with E-state index in [-0.39, 0.29) is 5.91 Å². The van der Waals surface area contributed by atoms with Gasteiger partial charge in [-0.05, 0) is 45.6 Å².